The Labute approximate surface area is 123 Å². The van der Waals surface area contributed by atoms with Gasteiger partial charge in [-0.05, 0) is 42.8 Å². The molecule has 0 saturated heterocycles. The van der Waals surface area contributed by atoms with E-state index in [1.54, 1.807) is 24.3 Å². The van der Waals surface area contributed by atoms with E-state index in [0.29, 0.717) is 23.6 Å². The second-order valence-electron chi connectivity index (χ2n) is 4.61. The number of halogens is 1. The van der Waals surface area contributed by atoms with E-state index >= 15 is 0 Å². The highest BCUT2D eigenvalue weighted by Gasteiger charge is 2.11. The van der Waals surface area contributed by atoms with Gasteiger partial charge in [-0.3, -0.25) is 4.79 Å². The van der Waals surface area contributed by atoms with Gasteiger partial charge in [-0.15, -0.1) is 0 Å². The first-order valence-corrected chi connectivity index (χ1v) is 6.79. The molecule has 2 aromatic rings. The van der Waals surface area contributed by atoms with Gasteiger partial charge in [-0.2, -0.15) is 0 Å². The number of rotatable bonds is 5. The number of carbonyl (C=O) groups is 1. The molecule has 2 N–H and O–H groups in total. The highest BCUT2D eigenvalue weighted by molar-refractivity contribution is 6.30. The molecule has 0 aliphatic heterocycles. The first-order valence-electron chi connectivity index (χ1n) is 6.41. The number of hydrogen-bond donors (Lipinski definition) is 2. The van der Waals surface area contributed by atoms with Crippen molar-refractivity contribution in [3.63, 3.8) is 0 Å². The van der Waals surface area contributed by atoms with Crippen LogP contribution in [0.5, 0.6) is 0 Å². The molecule has 1 aromatic heterocycles. The molecule has 0 bridgehead atoms. The lowest BCUT2D eigenvalue weighted by molar-refractivity contribution is 0.0941. The van der Waals surface area contributed by atoms with E-state index < -0.39 is 6.10 Å². The number of nitrogens with zero attached hydrogens (tertiary/aromatic N) is 1. The Morgan fingerprint density at radius 1 is 1.35 bits per heavy atom. The number of nitrogens with one attached hydrogen (secondary N) is 1. The van der Waals surface area contributed by atoms with Crippen molar-refractivity contribution in [2.45, 2.75) is 12.5 Å². The molecule has 0 saturated carbocycles. The van der Waals surface area contributed by atoms with E-state index in [2.05, 4.69) is 5.32 Å². The highest BCUT2D eigenvalue weighted by Crippen LogP contribution is 2.15. The quantitative estimate of drug-likeness (QED) is 0.890. The number of aliphatic hydroxyl groups is 1. The summed E-state index contributed by atoms with van der Waals surface area (Å²) in [6, 6.07) is 10.4. The molecule has 1 aromatic carbocycles. The average molecular weight is 293 g/mol. The van der Waals surface area contributed by atoms with E-state index in [0.717, 1.165) is 5.69 Å². The predicted octanol–water partition coefficient (Wildman–Crippen LogP) is 2.53. The van der Waals surface area contributed by atoms with E-state index in [-0.39, 0.29) is 5.91 Å². The van der Waals surface area contributed by atoms with Gasteiger partial charge in [-0.1, -0.05) is 11.6 Å². The molecule has 0 fully saturated rings. The van der Waals surface area contributed by atoms with E-state index in [4.69, 9.17) is 11.6 Å². The number of aryl methyl sites for hydroxylation is 1. The van der Waals surface area contributed by atoms with Crippen LogP contribution in [0.25, 0.3) is 0 Å². The first-order chi connectivity index (χ1) is 9.58. The Morgan fingerprint density at radius 2 is 2.05 bits per heavy atom. The minimum atomic E-state index is -0.583. The third-order valence-corrected chi connectivity index (χ3v) is 3.39. The maximum absolute atomic E-state index is 11.8. The van der Waals surface area contributed by atoms with Crippen LogP contribution in [-0.4, -0.2) is 22.1 Å². The fraction of sp³-hybridized carbons (Fsp3) is 0.267. The van der Waals surface area contributed by atoms with Crippen LogP contribution in [0.1, 0.15) is 28.6 Å². The smallest absolute Gasteiger partial charge is 0.251 e. The molecule has 5 heteroatoms. The molecule has 0 aliphatic carbocycles. The summed E-state index contributed by atoms with van der Waals surface area (Å²) >= 11 is 5.77. The fourth-order valence-electron chi connectivity index (χ4n) is 1.99. The zero-order chi connectivity index (χ0) is 14.5. The van der Waals surface area contributed by atoms with Gasteiger partial charge in [-0.25, -0.2) is 0 Å². The van der Waals surface area contributed by atoms with Gasteiger partial charge in [0.15, 0.2) is 0 Å². The zero-order valence-electron chi connectivity index (χ0n) is 11.2. The van der Waals surface area contributed by atoms with Crippen molar-refractivity contribution < 1.29 is 9.90 Å². The van der Waals surface area contributed by atoms with Crippen LogP contribution in [0, 0.1) is 0 Å². The van der Waals surface area contributed by atoms with Gasteiger partial charge < -0.3 is 15.0 Å². The Balaban J connectivity index is 1.82. The van der Waals surface area contributed by atoms with Crippen molar-refractivity contribution >= 4 is 17.5 Å². The van der Waals surface area contributed by atoms with Crippen molar-refractivity contribution in [3.8, 4) is 0 Å². The molecule has 1 unspecified atom stereocenters. The number of aliphatic hydroxyl groups excluding tert-OH is 1. The minimum Gasteiger partial charge on any atom is -0.387 e. The van der Waals surface area contributed by atoms with Crippen molar-refractivity contribution in [1.29, 1.82) is 0 Å². The zero-order valence-corrected chi connectivity index (χ0v) is 12.0. The van der Waals surface area contributed by atoms with Crippen LogP contribution in [0.15, 0.2) is 42.6 Å². The first kappa shape index (κ1) is 14.6. The van der Waals surface area contributed by atoms with Gasteiger partial charge >= 0.3 is 0 Å². The van der Waals surface area contributed by atoms with Gasteiger partial charge in [0.2, 0.25) is 0 Å². The summed E-state index contributed by atoms with van der Waals surface area (Å²) in [4.78, 5) is 11.8. The summed E-state index contributed by atoms with van der Waals surface area (Å²) in [5.74, 6) is -0.166. The normalized spacial score (nSPS) is 12.2. The van der Waals surface area contributed by atoms with Gasteiger partial charge in [0.1, 0.15) is 0 Å². The lowest BCUT2D eigenvalue weighted by Crippen LogP contribution is -2.25. The van der Waals surface area contributed by atoms with Crippen LogP contribution in [0.4, 0.5) is 0 Å². The topological polar surface area (TPSA) is 54.3 Å². The SMILES string of the molecule is Cn1cccc1C(O)CCNC(=O)c1ccc(Cl)cc1. The molecule has 4 nitrogen and oxygen atoms in total. The summed E-state index contributed by atoms with van der Waals surface area (Å²) in [7, 11) is 1.88. The fourth-order valence-corrected chi connectivity index (χ4v) is 2.12. The molecule has 1 atom stereocenters. The van der Waals surface area contributed by atoms with Crippen LogP contribution in [-0.2, 0) is 7.05 Å². The molecule has 106 valence electrons. The molecular formula is C15H17ClN2O2. The summed E-state index contributed by atoms with van der Waals surface area (Å²) < 4.78 is 1.87. The maximum atomic E-state index is 11.8. The Bertz CT molecular complexity index is 578. The standard InChI is InChI=1S/C15H17ClN2O2/c1-18-10-2-3-13(18)14(19)8-9-17-15(20)11-4-6-12(16)7-5-11/h2-7,10,14,19H,8-9H2,1H3,(H,17,20). The number of hydrogen-bond acceptors (Lipinski definition) is 2. The number of carbonyl (C=O) groups excluding carboxylic acids is 1. The molecule has 1 heterocycles. The Morgan fingerprint density at radius 3 is 2.65 bits per heavy atom. The van der Waals surface area contributed by atoms with E-state index in [9.17, 15) is 9.90 Å². The molecule has 0 aliphatic rings. The molecule has 0 radical (unpaired) electrons. The molecule has 20 heavy (non-hydrogen) atoms. The van der Waals surface area contributed by atoms with Crippen LogP contribution in [0.3, 0.4) is 0 Å². The van der Waals surface area contributed by atoms with E-state index in [1.165, 1.54) is 0 Å². The predicted molar refractivity (Wildman–Crippen MR) is 78.8 cm³/mol. The molecular weight excluding hydrogens is 276 g/mol. The molecule has 2 rings (SSSR count). The third kappa shape index (κ3) is 3.62. The van der Waals surface area contributed by atoms with Crippen molar-refractivity contribution in [2.75, 3.05) is 6.54 Å². The summed E-state index contributed by atoms with van der Waals surface area (Å²) in [5, 5.41) is 13.4. The molecule has 0 spiro atoms. The third-order valence-electron chi connectivity index (χ3n) is 3.14. The average Bonchev–Trinajstić information content (AvgIpc) is 2.85. The summed E-state index contributed by atoms with van der Waals surface area (Å²) in [5.41, 5.74) is 1.40. The maximum Gasteiger partial charge on any atom is 0.251 e. The monoisotopic (exact) mass is 292 g/mol. The van der Waals surface area contributed by atoms with Gasteiger partial charge in [0, 0.05) is 36.1 Å². The van der Waals surface area contributed by atoms with E-state index in [1.807, 2.05) is 29.9 Å². The lowest BCUT2D eigenvalue weighted by atomic mass is 10.1. The van der Waals surface area contributed by atoms with Crippen molar-refractivity contribution in [2.24, 2.45) is 7.05 Å². The largest absolute Gasteiger partial charge is 0.387 e. The number of benzene rings is 1. The Hall–Kier alpha value is -1.78. The van der Waals surface area contributed by atoms with Gasteiger partial charge in [0.05, 0.1) is 6.10 Å². The highest BCUT2D eigenvalue weighted by atomic mass is 35.5. The van der Waals surface area contributed by atoms with Gasteiger partial charge in [0.25, 0.3) is 5.91 Å². The Kier molecular flexibility index (Phi) is 4.82. The summed E-state index contributed by atoms with van der Waals surface area (Å²) in [6.45, 7) is 0.411. The summed E-state index contributed by atoms with van der Waals surface area (Å²) in [6.07, 6.45) is 1.77. The lowest BCUT2D eigenvalue weighted by Gasteiger charge is -2.12. The van der Waals surface area contributed by atoms with Crippen molar-refractivity contribution in [1.82, 2.24) is 9.88 Å². The van der Waals surface area contributed by atoms with Crippen LogP contribution in [0.2, 0.25) is 5.02 Å². The van der Waals surface area contributed by atoms with Crippen molar-refractivity contribution in [3.05, 3.63) is 58.9 Å². The van der Waals surface area contributed by atoms with Crippen LogP contribution >= 0.6 is 11.6 Å². The molecule has 1 amide bonds. The minimum absolute atomic E-state index is 0.166. The number of amides is 1. The van der Waals surface area contributed by atoms with Crippen LogP contribution < -0.4 is 5.32 Å². The second-order valence-corrected chi connectivity index (χ2v) is 5.05. The number of aromatic nitrogens is 1. The second kappa shape index (κ2) is 6.59.